The highest BCUT2D eigenvalue weighted by molar-refractivity contribution is 5.83. The average Bonchev–Trinajstić information content (AvgIpc) is 2.92. The lowest BCUT2D eigenvalue weighted by atomic mass is 9.86. The molecule has 0 radical (unpaired) electrons. The lowest BCUT2D eigenvalue weighted by molar-refractivity contribution is -0.169. The molecule has 2 aliphatic rings. The molecule has 1 atom stereocenters. The lowest BCUT2D eigenvalue weighted by Crippen LogP contribution is -2.55. The summed E-state index contributed by atoms with van der Waals surface area (Å²) in [4.78, 5) is 16.9. The first kappa shape index (κ1) is 14.5. The average molecular weight is 288 g/mol. The maximum Gasteiger partial charge on any atom is 0.233 e. The van der Waals surface area contributed by atoms with Gasteiger partial charge in [0.05, 0.1) is 18.6 Å². The highest BCUT2D eigenvalue weighted by atomic mass is 16.5. The summed E-state index contributed by atoms with van der Waals surface area (Å²) in [5, 5.41) is 0. The van der Waals surface area contributed by atoms with E-state index >= 15 is 0 Å². The fourth-order valence-electron chi connectivity index (χ4n) is 3.24. The van der Waals surface area contributed by atoms with Gasteiger partial charge in [0.15, 0.2) is 0 Å². The van der Waals surface area contributed by atoms with Crippen molar-refractivity contribution in [3.63, 3.8) is 0 Å². The van der Waals surface area contributed by atoms with Crippen molar-refractivity contribution in [3.8, 4) is 0 Å². The number of amides is 1. The Morgan fingerprint density at radius 1 is 1.38 bits per heavy atom. The molecule has 2 saturated heterocycles. The standard InChI is InChI=1S/C17H24N2O2/c1-17(12-21-13-17)16(20)18(2)15-8-9-19(11-15)10-14-6-4-3-5-7-14/h3-7,15H,8-13H2,1-2H3. The zero-order chi connectivity index (χ0) is 14.9. The van der Waals surface area contributed by atoms with Crippen LogP contribution in [0.5, 0.6) is 0 Å². The van der Waals surface area contributed by atoms with E-state index in [0.29, 0.717) is 19.3 Å². The molecule has 2 aliphatic heterocycles. The van der Waals surface area contributed by atoms with Crippen LogP contribution in [0.4, 0.5) is 0 Å². The zero-order valence-corrected chi connectivity index (χ0v) is 12.9. The van der Waals surface area contributed by atoms with Gasteiger partial charge in [-0.2, -0.15) is 0 Å². The SMILES string of the molecule is CN(C(=O)C1(C)COC1)C1CCN(Cc2ccccc2)C1. The van der Waals surface area contributed by atoms with E-state index in [9.17, 15) is 4.79 Å². The number of carbonyl (C=O) groups excluding carboxylic acids is 1. The molecule has 0 aliphatic carbocycles. The van der Waals surface area contributed by atoms with Gasteiger partial charge in [-0.15, -0.1) is 0 Å². The molecule has 0 spiro atoms. The van der Waals surface area contributed by atoms with Crippen LogP contribution >= 0.6 is 0 Å². The van der Waals surface area contributed by atoms with Crippen molar-refractivity contribution >= 4 is 5.91 Å². The van der Waals surface area contributed by atoms with Crippen molar-refractivity contribution in [2.24, 2.45) is 5.41 Å². The van der Waals surface area contributed by atoms with Crippen molar-refractivity contribution in [1.29, 1.82) is 0 Å². The molecular formula is C17H24N2O2. The van der Waals surface area contributed by atoms with E-state index in [1.165, 1.54) is 5.56 Å². The second-order valence-electron chi connectivity index (χ2n) is 6.63. The second kappa shape index (κ2) is 5.78. The Morgan fingerprint density at radius 2 is 2.10 bits per heavy atom. The van der Waals surface area contributed by atoms with Crippen molar-refractivity contribution < 1.29 is 9.53 Å². The van der Waals surface area contributed by atoms with E-state index in [1.54, 1.807) is 0 Å². The number of carbonyl (C=O) groups is 1. The van der Waals surface area contributed by atoms with Gasteiger partial charge < -0.3 is 9.64 Å². The van der Waals surface area contributed by atoms with Crippen LogP contribution < -0.4 is 0 Å². The molecule has 21 heavy (non-hydrogen) atoms. The summed E-state index contributed by atoms with van der Waals surface area (Å²) in [7, 11) is 1.95. The topological polar surface area (TPSA) is 32.8 Å². The summed E-state index contributed by atoms with van der Waals surface area (Å²) in [5.41, 5.74) is 1.05. The van der Waals surface area contributed by atoms with Gasteiger partial charge in [0.2, 0.25) is 5.91 Å². The van der Waals surface area contributed by atoms with E-state index in [1.807, 2.05) is 24.9 Å². The maximum absolute atomic E-state index is 12.5. The Kier molecular flexibility index (Phi) is 4.00. The molecule has 1 aromatic rings. The minimum atomic E-state index is -0.290. The number of rotatable bonds is 4. The molecule has 0 N–H and O–H groups in total. The van der Waals surface area contributed by atoms with Crippen molar-refractivity contribution in [2.45, 2.75) is 25.9 Å². The third kappa shape index (κ3) is 2.97. The van der Waals surface area contributed by atoms with E-state index in [4.69, 9.17) is 4.74 Å². The Hall–Kier alpha value is -1.39. The lowest BCUT2D eigenvalue weighted by Gasteiger charge is -2.40. The number of likely N-dealkylation sites (tertiary alicyclic amines) is 1. The second-order valence-corrected chi connectivity index (χ2v) is 6.63. The van der Waals surface area contributed by atoms with Gasteiger partial charge in [0, 0.05) is 32.7 Å². The smallest absolute Gasteiger partial charge is 0.233 e. The van der Waals surface area contributed by atoms with Crippen molar-refractivity contribution in [3.05, 3.63) is 35.9 Å². The van der Waals surface area contributed by atoms with E-state index in [-0.39, 0.29) is 11.3 Å². The number of likely N-dealkylation sites (N-methyl/N-ethyl adjacent to an activating group) is 1. The van der Waals surface area contributed by atoms with Crippen LogP contribution in [0.1, 0.15) is 18.9 Å². The molecule has 114 valence electrons. The molecule has 0 bridgehead atoms. The molecule has 4 heteroatoms. The summed E-state index contributed by atoms with van der Waals surface area (Å²) in [6.07, 6.45) is 1.06. The molecular weight excluding hydrogens is 264 g/mol. The monoisotopic (exact) mass is 288 g/mol. The first-order valence-electron chi connectivity index (χ1n) is 7.70. The predicted octanol–water partition coefficient (Wildman–Crippen LogP) is 1.76. The normalized spacial score (nSPS) is 24.6. The summed E-state index contributed by atoms with van der Waals surface area (Å²) in [6, 6.07) is 10.9. The van der Waals surface area contributed by atoms with Crippen LogP contribution in [0.2, 0.25) is 0 Å². The molecule has 0 saturated carbocycles. The van der Waals surface area contributed by atoms with Crippen LogP contribution in [0, 0.1) is 5.41 Å². The Labute approximate surface area is 126 Å². The third-order valence-corrected chi connectivity index (χ3v) is 4.72. The number of ether oxygens (including phenoxy) is 1. The number of hydrogen-bond donors (Lipinski definition) is 0. The quantitative estimate of drug-likeness (QED) is 0.846. The van der Waals surface area contributed by atoms with Gasteiger partial charge in [-0.25, -0.2) is 0 Å². The Bertz CT molecular complexity index is 499. The molecule has 0 aromatic heterocycles. The Balaban J connectivity index is 1.55. The van der Waals surface area contributed by atoms with Gasteiger partial charge in [0.1, 0.15) is 0 Å². The minimum absolute atomic E-state index is 0.236. The number of benzene rings is 1. The van der Waals surface area contributed by atoms with Crippen molar-refractivity contribution in [1.82, 2.24) is 9.80 Å². The highest BCUT2D eigenvalue weighted by Gasteiger charge is 2.44. The van der Waals surface area contributed by atoms with Crippen LogP contribution in [0.25, 0.3) is 0 Å². The largest absolute Gasteiger partial charge is 0.379 e. The molecule has 2 fully saturated rings. The zero-order valence-electron chi connectivity index (χ0n) is 12.9. The summed E-state index contributed by atoms with van der Waals surface area (Å²) in [6.45, 7) is 6.14. The summed E-state index contributed by atoms with van der Waals surface area (Å²) < 4.78 is 5.21. The van der Waals surface area contributed by atoms with Gasteiger partial charge in [-0.05, 0) is 18.9 Å². The van der Waals surface area contributed by atoms with Gasteiger partial charge in [-0.3, -0.25) is 9.69 Å². The minimum Gasteiger partial charge on any atom is -0.379 e. The van der Waals surface area contributed by atoms with E-state index < -0.39 is 0 Å². The van der Waals surface area contributed by atoms with Gasteiger partial charge in [-0.1, -0.05) is 30.3 Å². The summed E-state index contributed by atoms with van der Waals surface area (Å²) >= 11 is 0. The molecule has 1 unspecified atom stereocenters. The molecule has 1 amide bonds. The number of nitrogens with zero attached hydrogens (tertiary/aromatic N) is 2. The van der Waals surface area contributed by atoms with Gasteiger partial charge >= 0.3 is 0 Å². The van der Waals surface area contributed by atoms with E-state index in [0.717, 1.165) is 26.1 Å². The first-order valence-corrected chi connectivity index (χ1v) is 7.70. The van der Waals surface area contributed by atoms with Gasteiger partial charge in [0.25, 0.3) is 0 Å². The summed E-state index contributed by atoms with van der Waals surface area (Å²) in [5.74, 6) is 0.236. The Morgan fingerprint density at radius 3 is 2.71 bits per heavy atom. The van der Waals surface area contributed by atoms with Crippen molar-refractivity contribution in [2.75, 3.05) is 33.4 Å². The highest BCUT2D eigenvalue weighted by Crippen LogP contribution is 2.30. The van der Waals surface area contributed by atoms with Crippen LogP contribution in [-0.4, -0.2) is 55.1 Å². The number of hydrogen-bond acceptors (Lipinski definition) is 3. The fraction of sp³-hybridized carbons (Fsp3) is 0.588. The predicted molar refractivity (Wildman–Crippen MR) is 81.8 cm³/mol. The molecule has 1 aromatic carbocycles. The fourth-order valence-corrected chi connectivity index (χ4v) is 3.24. The molecule has 3 rings (SSSR count). The van der Waals surface area contributed by atoms with E-state index in [2.05, 4.69) is 29.2 Å². The van der Waals surface area contributed by atoms with Crippen LogP contribution in [-0.2, 0) is 16.1 Å². The van der Waals surface area contributed by atoms with Crippen LogP contribution in [0.15, 0.2) is 30.3 Å². The third-order valence-electron chi connectivity index (χ3n) is 4.72. The molecule has 2 heterocycles. The maximum atomic E-state index is 12.5. The van der Waals surface area contributed by atoms with Crippen LogP contribution in [0.3, 0.4) is 0 Å². The molecule has 4 nitrogen and oxygen atoms in total. The first-order chi connectivity index (χ1) is 10.1.